The Kier molecular flexibility index (Phi) is 5.77. The number of likely N-dealkylation sites (tertiary alicyclic amines) is 1. The molecule has 3 aliphatic rings. The lowest BCUT2D eigenvalue weighted by molar-refractivity contribution is -0.136. The third-order valence-electron chi connectivity index (χ3n) is 6.52. The highest BCUT2D eigenvalue weighted by molar-refractivity contribution is 5.00. The summed E-state index contributed by atoms with van der Waals surface area (Å²) in [6.07, 6.45) is 4.27. The summed E-state index contributed by atoms with van der Waals surface area (Å²) in [5, 5.41) is 0. The molecule has 0 aromatic heterocycles. The molecule has 146 valence electrons. The van der Waals surface area contributed by atoms with Crippen molar-refractivity contribution in [3.63, 3.8) is 0 Å². The van der Waals surface area contributed by atoms with Gasteiger partial charge in [-0.2, -0.15) is 0 Å². The van der Waals surface area contributed by atoms with E-state index in [4.69, 9.17) is 0 Å². The van der Waals surface area contributed by atoms with E-state index in [0.717, 1.165) is 39.3 Å². The van der Waals surface area contributed by atoms with Gasteiger partial charge >= 0.3 is 0 Å². The lowest BCUT2D eigenvalue weighted by Crippen LogP contribution is -2.62. The lowest BCUT2D eigenvalue weighted by atomic mass is 9.91. The summed E-state index contributed by atoms with van der Waals surface area (Å²) in [5.74, 6) is -1.91. The minimum absolute atomic E-state index is 0.0398. The first-order valence-electron chi connectivity index (χ1n) is 10.3. The number of halogens is 2. The minimum atomic E-state index is -2.58. The Morgan fingerprint density at radius 1 is 0.960 bits per heavy atom. The fourth-order valence-electron chi connectivity index (χ4n) is 5.09. The maximum atomic E-state index is 14.9. The van der Waals surface area contributed by atoms with Crippen molar-refractivity contribution >= 4 is 0 Å². The molecule has 2 heterocycles. The van der Waals surface area contributed by atoms with Crippen LogP contribution in [0, 0.1) is 11.3 Å². The largest absolute Gasteiger partial charge is 0.298 e. The van der Waals surface area contributed by atoms with Gasteiger partial charge in [0.05, 0.1) is 12.6 Å². The smallest absolute Gasteiger partial charge is 0.275 e. The van der Waals surface area contributed by atoms with Crippen LogP contribution in [0.2, 0.25) is 0 Å². The van der Waals surface area contributed by atoms with Gasteiger partial charge in [0.15, 0.2) is 0 Å². The van der Waals surface area contributed by atoms with Crippen LogP contribution in [0.1, 0.15) is 53.4 Å². The molecule has 25 heavy (non-hydrogen) atoms. The van der Waals surface area contributed by atoms with E-state index in [1.807, 2.05) is 0 Å². The van der Waals surface area contributed by atoms with Gasteiger partial charge in [-0.25, -0.2) is 8.78 Å². The van der Waals surface area contributed by atoms with Crippen LogP contribution in [0.4, 0.5) is 8.78 Å². The fraction of sp³-hybridized carbons (Fsp3) is 1.00. The summed E-state index contributed by atoms with van der Waals surface area (Å²) in [4.78, 5) is 6.53. The molecule has 0 radical (unpaired) electrons. The SMILES string of the molecule is CC(C)CC1(CN2CCC(N3CCN(C(C)C)CC3)C(F)(F)C2)CC1. The molecule has 1 unspecified atom stereocenters. The van der Waals surface area contributed by atoms with Gasteiger partial charge in [-0.3, -0.25) is 14.7 Å². The summed E-state index contributed by atoms with van der Waals surface area (Å²) in [6.45, 7) is 14.0. The Balaban J connectivity index is 1.53. The molecule has 1 atom stereocenters. The van der Waals surface area contributed by atoms with Crippen molar-refractivity contribution in [3.05, 3.63) is 0 Å². The van der Waals surface area contributed by atoms with E-state index in [1.165, 1.54) is 19.3 Å². The molecule has 3 rings (SSSR count). The van der Waals surface area contributed by atoms with Crippen molar-refractivity contribution < 1.29 is 8.78 Å². The van der Waals surface area contributed by atoms with E-state index in [1.54, 1.807) is 0 Å². The number of hydrogen-bond acceptors (Lipinski definition) is 3. The van der Waals surface area contributed by atoms with Gasteiger partial charge in [-0.05, 0) is 50.9 Å². The van der Waals surface area contributed by atoms with Crippen molar-refractivity contribution in [2.24, 2.45) is 11.3 Å². The highest BCUT2D eigenvalue weighted by atomic mass is 19.3. The molecular formula is C20H37F2N3. The quantitative estimate of drug-likeness (QED) is 0.720. The highest BCUT2D eigenvalue weighted by Gasteiger charge is 2.51. The van der Waals surface area contributed by atoms with Crippen molar-refractivity contribution in [2.45, 2.75) is 71.4 Å². The second-order valence-electron chi connectivity index (χ2n) is 9.54. The Morgan fingerprint density at radius 2 is 1.60 bits per heavy atom. The maximum absolute atomic E-state index is 14.9. The molecule has 0 amide bonds. The van der Waals surface area contributed by atoms with Gasteiger partial charge in [0.25, 0.3) is 5.92 Å². The zero-order valence-corrected chi connectivity index (χ0v) is 16.6. The van der Waals surface area contributed by atoms with Crippen LogP contribution in [-0.2, 0) is 0 Å². The number of rotatable bonds is 6. The van der Waals surface area contributed by atoms with Crippen molar-refractivity contribution in [2.75, 3.05) is 45.8 Å². The minimum Gasteiger partial charge on any atom is -0.298 e. The lowest BCUT2D eigenvalue weighted by Gasteiger charge is -2.47. The molecule has 2 aliphatic heterocycles. The van der Waals surface area contributed by atoms with E-state index < -0.39 is 12.0 Å². The normalized spacial score (nSPS) is 31.0. The zero-order chi connectivity index (χ0) is 18.2. The highest BCUT2D eigenvalue weighted by Crippen LogP contribution is 2.51. The molecule has 5 heteroatoms. The van der Waals surface area contributed by atoms with Crippen molar-refractivity contribution in [1.29, 1.82) is 0 Å². The molecule has 0 spiro atoms. The molecule has 3 fully saturated rings. The van der Waals surface area contributed by atoms with E-state index in [-0.39, 0.29) is 6.54 Å². The van der Waals surface area contributed by atoms with Gasteiger partial charge < -0.3 is 0 Å². The summed E-state index contributed by atoms with van der Waals surface area (Å²) >= 11 is 0. The summed E-state index contributed by atoms with van der Waals surface area (Å²) in [6, 6.07) is -0.0430. The van der Waals surface area contributed by atoms with Gasteiger partial charge in [0, 0.05) is 45.3 Å². The number of hydrogen-bond donors (Lipinski definition) is 0. The van der Waals surface area contributed by atoms with Crippen molar-refractivity contribution in [1.82, 2.24) is 14.7 Å². The third kappa shape index (κ3) is 4.72. The Hall–Kier alpha value is -0.260. The number of piperazine rings is 1. The number of alkyl halides is 2. The van der Waals surface area contributed by atoms with Crippen LogP contribution in [0.25, 0.3) is 0 Å². The van der Waals surface area contributed by atoms with Crippen LogP contribution in [-0.4, -0.2) is 78.5 Å². The van der Waals surface area contributed by atoms with Gasteiger partial charge in [-0.1, -0.05) is 13.8 Å². The first-order chi connectivity index (χ1) is 11.7. The summed E-state index contributed by atoms with van der Waals surface area (Å²) in [5.41, 5.74) is 0.347. The Bertz CT molecular complexity index is 440. The fourth-order valence-corrected chi connectivity index (χ4v) is 5.09. The molecule has 0 aromatic carbocycles. The topological polar surface area (TPSA) is 9.72 Å². The second-order valence-corrected chi connectivity index (χ2v) is 9.54. The van der Waals surface area contributed by atoms with E-state index in [9.17, 15) is 8.78 Å². The molecule has 0 bridgehead atoms. The maximum Gasteiger partial charge on any atom is 0.275 e. The molecule has 3 nitrogen and oxygen atoms in total. The van der Waals surface area contributed by atoms with Crippen molar-refractivity contribution in [3.8, 4) is 0 Å². The van der Waals surface area contributed by atoms with Crippen LogP contribution in [0.15, 0.2) is 0 Å². The van der Waals surface area contributed by atoms with Gasteiger partial charge in [0.2, 0.25) is 0 Å². The van der Waals surface area contributed by atoms with Crippen LogP contribution >= 0.6 is 0 Å². The average molecular weight is 358 g/mol. The second kappa shape index (κ2) is 7.40. The monoisotopic (exact) mass is 357 g/mol. The summed E-state index contributed by atoms with van der Waals surface area (Å²) in [7, 11) is 0. The molecule has 1 saturated carbocycles. The first-order valence-corrected chi connectivity index (χ1v) is 10.3. The van der Waals surface area contributed by atoms with Gasteiger partial charge in [0.1, 0.15) is 0 Å². The third-order valence-corrected chi connectivity index (χ3v) is 6.52. The van der Waals surface area contributed by atoms with E-state index >= 15 is 0 Å². The molecular weight excluding hydrogens is 320 g/mol. The molecule has 1 aliphatic carbocycles. The first kappa shape index (κ1) is 19.5. The predicted octanol–water partition coefficient (Wildman–Crippen LogP) is 3.55. The average Bonchev–Trinajstić information content (AvgIpc) is 3.24. The number of nitrogens with zero attached hydrogens (tertiary/aromatic N) is 3. The molecule has 2 saturated heterocycles. The van der Waals surface area contributed by atoms with Crippen LogP contribution in [0.3, 0.4) is 0 Å². The Labute approximate surface area is 152 Å². The summed E-state index contributed by atoms with van der Waals surface area (Å²) < 4.78 is 29.8. The van der Waals surface area contributed by atoms with E-state index in [0.29, 0.717) is 23.8 Å². The Morgan fingerprint density at radius 3 is 2.08 bits per heavy atom. The molecule has 0 aromatic rings. The van der Waals surface area contributed by atoms with Crippen LogP contribution < -0.4 is 0 Å². The van der Waals surface area contributed by atoms with Gasteiger partial charge in [-0.15, -0.1) is 0 Å². The molecule has 0 N–H and O–H groups in total. The van der Waals surface area contributed by atoms with E-state index in [2.05, 4.69) is 42.4 Å². The number of piperidine rings is 1. The standard InChI is InChI=1S/C20H37F2N3/c1-16(2)13-19(6-7-19)14-23-8-5-18(20(21,22)15-23)25-11-9-24(10-12-25)17(3)4/h16-18H,5-15H2,1-4H3. The van der Waals surface area contributed by atoms with Crippen LogP contribution in [0.5, 0.6) is 0 Å². The predicted molar refractivity (Wildman–Crippen MR) is 99.2 cm³/mol. The zero-order valence-electron chi connectivity index (χ0n) is 16.6.